The molecule has 5 aliphatic carbocycles. The number of benzene rings is 5. The van der Waals surface area contributed by atoms with Gasteiger partial charge in [0.05, 0.1) is 34.3 Å². The average Bonchev–Trinajstić information content (AvgIpc) is 4.06. The number of aryl methyl sites for hydroxylation is 1. The second-order valence-electron chi connectivity index (χ2n) is 17.7. The maximum absolute atomic E-state index is 2.77. The van der Waals surface area contributed by atoms with Crippen LogP contribution in [0, 0.1) is 5.92 Å². The first-order chi connectivity index (χ1) is 30.8. The molecule has 0 spiro atoms. The summed E-state index contributed by atoms with van der Waals surface area (Å²) in [6.07, 6.45) is 34.6. The number of aromatic nitrogens is 3. The molecule has 0 amide bonds. The Morgan fingerprint density at radius 1 is 0.532 bits per heavy atom. The van der Waals surface area contributed by atoms with Crippen molar-refractivity contribution in [2.45, 2.75) is 43.7 Å². The molecule has 0 radical (unpaired) electrons. The molecule has 0 N–H and O–H groups in total. The fraction of sp³-hybridized carbons (Fsp3) is 0.138. The normalized spacial score (nSPS) is 21.3. The van der Waals surface area contributed by atoms with Gasteiger partial charge in [-0.3, -0.25) is 0 Å². The quantitative estimate of drug-likeness (QED) is 0.173. The van der Waals surface area contributed by atoms with Crippen LogP contribution in [0.4, 0.5) is 5.69 Å². The topological polar surface area (TPSA) is 18.0 Å². The summed E-state index contributed by atoms with van der Waals surface area (Å²) in [5.74, 6) is 0.554. The van der Waals surface area contributed by atoms with Gasteiger partial charge in [0.15, 0.2) is 0 Å². The zero-order valence-corrected chi connectivity index (χ0v) is 34.4. The summed E-state index contributed by atoms with van der Waals surface area (Å²) in [6.45, 7) is 0. The van der Waals surface area contributed by atoms with Crippen molar-refractivity contribution in [2.24, 2.45) is 5.92 Å². The van der Waals surface area contributed by atoms with E-state index in [0.717, 1.165) is 25.7 Å². The van der Waals surface area contributed by atoms with Gasteiger partial charge in [-0.25, -0.2) is 0 Å². The Labute approximate surface area is 361 Å². The zero-order valence-electron chi connectivity index (χ0n) is 34.4. The number of para-hydroxylation sites is 3. The standard InChI is InChI=1S/C58H44N4/c1-2-18-38(19-3-1)59-51-29-12-8-25-46(51)55-53(59)34-32-44-42-23-6-10-27-49(42)61(57(44)55)40-21-15-20-39(36-40)60-52-30-13-9-26-47(52)56-54(60)35-33-45-43-24-7-11-28-50(43)62(58(45)56)48-31-14-17-37-16-4-5-22-41(37)48/h1-7,9,11-24,26,28-36,41,45,48,58H,8,10,25,27H2. The molecule has 8 aromatic rings. The predicted molar refractivity (Wildman–Crippen MR) is 258 cm³/mol. The smallest absolute Gasteiger partial charge is 0.0680 e. The van der Waals surface area contributed by atoms with E-state index in [9.17, 15) is 0 Å². The lowest BCUT2D eigenvalue weighted by Crippen LogP contribution is -2.42. The highest BCUT2D eigenvalue weighted by molar-refractivity contribution is 6.13. The Morgan fingerprint density at radius 3 is 2.29 bits per heavy atom. The Morgan fingerprint density at radius 2 is 1.34 bits per heavy atom. The van der Waals surface area contributed by atoms with Crippen LogP contribution in [0.25, 0.3) is 68.0 Å². The molecule has 0 saturated carbocycles. The summed E-state index contributed by atoms with van der Waals surface area (Å²) in [7, 11) is 0. The number of anilines is 1. The van der Waals surface area contributed by atoms with Crippen LogP contribution >= 0.6 is 0 Å². The summed E-state index contributed by atoms with van der Waals surface area (Å²) in [4.78, 5) is 2.77. The fourth-order valence-electron chi connectivity index (χ4n) is 12.3. The van der Waals surface area contributed by atoms with Crippen LogP contribution in [0.2, 0.25) is 0 Å². The minimum absolute atomic E-state index is 0.157. The predicted octanol–water partition coefficient (Wildman–Crippen LogP) is 13.7. The molecule has 1 aliphatic heterocycles. The second kappa shape index (κ2) is 13.1. The number of fused-ring (bicyclic) bond motifs is 15. The lowest BCUT2D eigenvalue weighted by atomic mass is 9.80. The molecule has 5 aromatic carbocycles. The van der Waals surface area contributed by atoms with E-state index >= 15 is 0 Å². The number of rotatable bonds is 4. The van der Waals surface area contributed by atoms with Gasteiger partial charge >= 0.3 is 0 Å². The molecule has 4 nitrogen and oxygen atoms in total. The number of hydrogen-bond acceptors (Lipinski definition) is 1. The molecule has 0 saturated heterocycles. The Balaban J connectivity index is 0.989. The molecule has 0 fully saturated rings. The largest absolute Gasteiger partial charge is 0.356 e. The van der Waals surface area contributed by atoms with E-state index in [2.05, 4.69) is 213 Å². The van der Waals surface area contributed by atoms with Gasteiger partial charge in [-0.2, -0.15) is 0 Å². The summed E-state index contributed by atoms with van der Waals surface area (Å²) in [6, 6.07) is 43.8. The molecule has 62 heavy (non-hydrogen) atoms. The Bertz CT molecular complexity index is 3440. The van der Waals surface area contributed by atoms with E-state index in [0.29, 0.717) is 5.92 Å². The van der Waals surface area contributed by atoms with Crippen LogP contribution in [0.15, 0.2) is 182 Å². The highest BCUT2D eigenvalue weighted by Gasteiger charge is 2.47. The van der Waals surface area contributed by atoms with E-state index in [1.54, 1.807) is 0 Å². The highest BCUT2D eigenvalue weighted by atomic mass is 15.2. The van der Waals surface area contributed by atoms with Crippen molar-refractivity contribution >= 4 is 56.6 Å². The Hall–Kier alpha value is -7.30. The molecule has 14 rings (SSSR count). The van der Waals surface area contributed by atoms with E-state index in [-0.39, 0.29) is 18.0 Å². The summed E-state index contributed by atoms with van der Waals surface area (Å²) in [5.41, 5.74) is 19.9. The second-order valence-corrected chi connectivity index (χ2v) is 17.7. The lowest BCUT2D eigenvalue weighted by molar-refractivity contribution is 0.514. The minimum atomic E-state index is 0.157. The average molecular weight is 797 g/mol. The lowest BCUT2D eigenvalue weighted by Gasteiger charge is -2.42. The van der Waals surface area contributed by atoms with Gasteiger partial charge in [-0.1, -0.05) is 134 Å². The number of allylic oxidation sites excluding steroid dienone is 7. The molecular weight excluding hydrogens is 753 g/mol. The molecule has 0 bridgehead atoms. The maximum Gasteiger partial charge on any atom is 0.0680 e. The molecule has 3 aromatic heterocycles. The number of hydrogen-bond donors (Lipinski definition) is 0. The third-order valence-corrected chi connectivity index (χ3v) is 14.7. The SMILES string of the molecule is C1=CC2=CC=CC(N3c4ccccc4C4C=Cc5c(c6ccccc6n5-c5cccc(-n6c7c(c8ccc9c(c%10c(n9-c9ccccc9)C=CCC%10)c86)C=CCC7)c5)C43)C2C=C1. The first kappa shape index (κ1) is 34.4. The zero-order chi connectivity index (χ0) is 40.5. The Kier molecular flexibility index (Phi) is 7.27. The molecule has 4 unspecified atom stereocenters. The van der Waals surface area contributed by atoms with Crippen LogP contribution in [0.3, 0.4) is 0 Å². The molecule has 6 aliphatic rings. The van der Waals surface area contributed by atoms with E-state index < -0.39 is 0 Å². The molecule has 4 heteroatoms. The van der Waals surface area contributed by atoms with E-state index in [1.807, 2.05) is 0 Å². The monoisotopic (exact) mass is 796 g/mol. The molecule has 296 valence electrons. The van der Waals surface area contributed by atoms with Crippen molar-refractivity contribution in [2.75, 3.05) is 4.90 Å². The first-order valence-corrected chi connectivity index (χ1v) is 22.5. The first-order valence-electron chi connectivity index (χ1n) is 22.5. The summed E-state index contributed by atoms with van der Waals surface area (Å²) >= 11 is 0. The minimum Gasteiger partial charge on any atom is -0.356 e. The van der Waals surface area contributed by atoms with Gasteiger partial charge in [0.1, 0.15) is 0 Å². The van der Waals surface area contributed by atoms with E-state index in [1.165, 1.54) is 100 Å². The number of nitrogens with zero attached hydrogens (tertiary/aromatic N) is 4. The third-order valence-electron chi connectivity index (χ3n) is 14.7. The molecular formula is C58H44N4. The van der Waals surface area contributed by atoms with Crippen LogP contribution in [-0.2, 0) is 12.8 Å². The van der Waals surface area contributed by atoms with Gasteiger partial charge < -0.3 is 18.6 Å². The van der Waals surface area contributed by atoms with Crippen molar-refractivity contribution in [3.05, 3.63) is 221 Å². The van der Waals surface area contributed by atoms with Crippen LogP contribution in [0.1, 0.15) is 64.1 Å². The van der Waals surface area contributed by atoms with Gasteiger partial charge in [-0.05, 0) is 103 Å². The van der Waals surface area contributed by atoms with Gasteiger partial charge in [0, 0.05) is 73.3 Å². The van der Waals surface area contributed by atoms with Gasteiger partial charge in [-0.15, -0.1) is 0 Å². The van der Waals surface area contributed by atoms with Crippen LogP contribution in [-0.4, -0.2) is 19.7 Å². The fourth-order valence-corrected chi connectivity index (χ4v) is 12.3. The van der Waals surface area contributed by atoms with Crippen molar-refractivity contribution < 1.29 is 0 Å². The van der Waals surface area contributed by atoms with E-state index in [4.69, 9.17) is 0 Å². The van der Waals surface area contributed by atoms with Gasteiger partial charge in [0.25, 0.3) is 0 Å². The third kappa shape index (κ3) is 4.67. The van der Waals surface area contributed by atoms with Crippen molar-refractivity contribution in [1.82, 2.24) is 13.7 Å². The highest BCUT2D eigenvalue weighted by Crippen LogP contribution is 2.57. The van der Waals surface area contributed by atoms with Crippen molar-refractivity contribution in [1.29, 1.82) is 0 Å². The molecule has 4 atom stereocenters. The van der Waals surface area contributed by atoms with Crippen molar-refractivity contribution in [3.63, 3.8) is 0 Å². The summed E-state index contributed by atoms with van der Waals surface area (Å²) in [5, 5.41) is 4.06. The summed E-state index contributed by atoms with van der Waals surface area (Å²) < 4.78 is 7.69. The van der Waals surface area contributed by atoms with Crippen molar-refractivity contribution in [3.8, 4) is 17.1 Å². The molecule has 4 heterocycles. The van der Waals surface area contributed by atoms with Gasteiger partial charge in [0.2, 0.25) is 0 Å². The van der Waals surface area contributed by atoms with Crippen LogP contribution in [0.5, 0.6) is 0 Å². The van der Waals surface area contributed by atoms with Crippen LogP contribution < -0.4 is 4.90 Å². The maximum atomic E-state index is 2.77.